The Morgan fingerprint density at radius 1 is 1.36 bits per heavy atom. The number of nitrogens with zero attached hydrogens (tertiary/aromatic N) is 2. The highest BCUT2D eigenvalue weighted by molar-refractivity contribution is 7.11. The summed E-state index contributed by atoms with van der Waals surface area (Å²) in [6.07, 6.45) is 1.61. The van der Waals surface area contributed by atoms with E-state index in [0.717, 1.165) is 27.4 Å². The number of benzene rings is 1. The summed E-state index contributed by atoms with van der Waals surface area (Å²) in [5.41, 5.74) is 5.33. The second-order valence-corrected chi connectivity index (χ2v) is 6.22. The molecule has 2 N–H and O–H groups in total. The van der Waals surface area contributed by atoms with E-state index in [-0.39, 0.29) is 5.91 Å². The van der Waals surface area contributed by atoms with Gasteiger partial charge in [0, 0.05) is 16.0 Å². The van der Waals surface area contributed by atoms with Gasteiger partial charge in [0.1, 0.15) is 11.4 Å². The van der Waals surface area contributed by atoms with Crippen LogP contribution in [0.5, 0.6) is 5.75 Å². The van der Waals surface area contributed by atoms with E-state index in [0.29, 0.717) is 12.3 Å². The molecule has 0 fully saturated rings. The fourth-order valence-electron chi connectivity index (χ4n) is 2.35. The Labute approximate surface area is 149 Å². The van der Waals surface area contributed by atoms with E-state index in [1.54, 1.807) is 17.6 Å². The maximum atomic E-state index is 12.3. The average Bonchev–Trinajstić information content (AvgIpc) is 3.26. The summed E-state index contributed by atoms with van der Waals surface area (Å²) in [4.78, 5) is 13.2. The molecule has 1 aromatic carbocycles. The molecule has 0 saturated carbocycles. The van der Waals surface area contributed by atoms with Crippen molar-refractivity contribution < 1.29 is 9.53 Å². The number of rotatable bonds is 6. The Morgan fingerprint density at radius 2 is 2.16 bits per heavy atom. The molecule has 0 aliphatic carbocycles. The third kappa shape index (κ3) is 3.95. The standard InChI is InChI=1S/C18H18N4O2S/c1-3-24-14-8-6-13(7-9-14)16-12(2)17(21-20-16)18(23)22-19-11-15-5-4-10-25-15/h4-11H,3H2,1-2H3,(H,20,21)(H,22,23)/b19-11+. The van der Waals surface area contributed by atoms with E-state index in [4.69, 9.17) is 4.74 Å². The summed E-state index contributed by atoms with van der Waals surface area (Å²) in [7, 11) is 0. The largest absolute Gasteiger partial charge is 0.494 e. The lowest BCUT2D eigenvalue weighted by atomic mass is 10.1. The van der Waals surface area contributed by atoms with Crippen LogP contribution in [0, 0.1) is 6.92 Å². The predicted octanol–water partition coefficient (Wildman–Crippen LogP) is 3.61. The van der Waals surface area contributed by atoms with Gasteiger partial charge in [-0.2, -0.15) is 10.2 Å². The molecule has 1 amide bonds. The van der Waals surface area contributed by atoms with Crippen molar-refractivity contribution in [2.75, 3.05) is 6.61 Å². The number of nitrogens with one attached hydrogen (secondary N) is 2. The molecule has 0 unspecified atom stereocenters. The zero-order valence-electron chi connectivity index (χ0n) is 13.9. The quantitative estimate of drug-likeness (QED) is 0.524. The molecule has 0 aliphatic rings. The summed E-state index contributed by atoms with van der Waals surface area (Å²) in [6, 6.07) is 11.5. The molecule has 0 saturated heterocycles. The van der Waals surface area contributed by atoms with E-state index in [9.17, 15) is 4.79 Å². The van der Waals surface area contributed by atoms with Gasteiger partial charge < -0.3 is 4.74 Å². The van der Waals surface area contributed by atoms with Crippen LogP contribution < -0.4 is 10.2 Å². The van der Waals surface area contributed by atoms with Gasteiger partial charge in [0.2, 0.25) is 0 Å². The first-order chi connectivity index (χ1) is 12.2. The van der Waals surface area contributed by atoms with Crippen molar-refractivity contribution in [1.82, 2.24) is 15.6 Å². The number of hydrogen-bond acceptors (Lipinski definition) is 5. The van der Waals surface area contributed by atoms with Crippen LogP contribution in [-0.4, -0.2) is 28.9 Å². The van der Waals surface area contributed by atoms with Gasteiger partial charge in [0.25, 0.3) is 5.91 Å². The Kier molecular flexibility index (Phi) is 5.25. The molecule has 0 spiro atoms. The van der Waals surface area contributed by atoms with Crippen molar-refractivity contribution >= 4 is 23.5 Å². The Hall–Kier alpha value is -2.93. The number of aromatic amines is 1. The van der Waals surface area contributed by atoms with E-state index in [2.05, 4.69) is 20.7 Å². The topological polar surface area (TPSA) is 79.4 Å². The highest BCUT2D eigenvalue weighted by Crippen LogP contribution is 2.25. The molecule has 0 aliphatic heterocycles. The zero-order chi connectivity index (χ0) is 17.6. The van der Waals surface area contributed by atoms with Crippen molar-refractivity contribution in [3.8, 4) is 17.0 Å². The minimum absolute atomic E-state index is 0.324. The molecule has 2 heterocycles. The predicted molar refractivity (Wildman–Crippen MR) is 99.3 cm³/mol. The molecular formula is C18H18N4O2S. The number of hydrazone groups is 1. The lowest BCUT2D eigenvalue weighted by Gasteiger charge is -2.04. The SMILES string of the molecule is CCOc1ccc(-c2n[nH]c(C(=O)N/N=C/c3cccs3)c2C)cc1. The normalized spacial score (nSPS) is 11.0. The number of carbonyl (C=O) groups is 1. The van der Waals surface area contributed by atoms with Crippen molar-refractivity contribution in [2.45, 2.75) is 13.8 Å². The lowest BCUT2D eigenvalue weighted by Crippen LogP contribution is -2.19. The molecule has 25 heavy (non-hydrogen) atoms. The minimum Gasteiger partial charge on any atom is -0.494 e. The number of ether oxygens (including phenoxy) is 1. The number of carbonyl (C=O) groups excluding carboxylic acids is 1. The summed E-state index contributed by atoms with van der Waals surface area (Å²) in [5.74, 6) is 0.482. The molecule has 0 atom stereocenters. The third-order valence-corrected chi connectivity index (χ3v) is 4.38. The van der Waals surface area contributed by atoms with Crippen LogP contribution in [0.4, 0.5) is 0 Å². The van der Waals surface area contributed by atoms with Crippen molar-refractivity contribution in [3.05, 3.63) is 57.9 Å². The Bertz CT molecular complexity index is 867. The van der Waals surface area contributed by atoms with E-state index < -0.39 is 0 Å². The van der Waals surface area contributed by atoms with Gasteiger partial charge >= 0.3 is 0 Å². The fraction of sp³-hybridized carbons (Fsp3) is 0.167. The van der Waals surface area contributed by atoms with Gasteiger partial charge in [-0.3, -0.25) is 9.89 Å². The molecule has 128 valence electrons. The number of amides is 1. The van der Waals surface area contributed by atoms with Gasteiger partial charge in [-0.1, -0.05) is 6.07 Å². The Balaban J connectivity index is 1.72. The fourth-order valence-corrected chi connectivity index (χ4v) is 2.94. The lowest BCUT2D eigenvalue weighted by molar-refractivity contribution is 0.0949. The van der Waals surface area contributed by atoms with Crippen LogP contribution >= 0.6 is 11.3 Å². The monoisotopic (exact) mass is 354 g/mol. The van der Waals surface area contributed by atoms with E-state index in [1.807, 2.05) is 55.6 Å². The van der Waals surface area contributed by atoms with Crippen molar-refractivity contribution in [1.29, 1.82) is 0 Å². The van der Waals surface area contributed by atoms with Gasteiger partial charge in [-0.25, -0.2) is 5.43 Å². The summed E-state index contributed by atoms with van der Waals surface area (Å²) >= 11 is 1.55. The molecular weight excluding hydrogens is 336 g/mol. The van der Waals surface area contributed by atoms with Crippen LogP contribution in [0.25, 0.3) is 11.3 Å². The number of hydrogen-bond donors (Lipinski definition) is 2. The highest BCUT2D eigenvalue weighted by atomic mass is 32.1. The number of thiophene rings is 1. The van der Waals surface area contributed by atoms with Crippen molar-refractivity contribution in [2.24, 2.45) is 5.10 Å². The summed E-state index contributed by atoms with van der Waals surface area (Å²) in [6.45, 7) is 4.42. The van der Waals surface area contributed by atoms with Gasteiger partial charge in [0.05, 0.1) is 18.5 Å². The molecule has 7 heteroatoms. The third-order valence-electron chi connectivity index (χ3n) is 3.58. The molecule has 0 bridgehead atoms. The maximum Gasteiger partial charge on any atom is 0.289 e. The van der Waals surface area contributed by atoms with Crippen LogP contribution in [0.3, 0.4) is 0 Å². The average molecular weight is 354 g/mol. The summed E-state index contributed by atoms with van der Waals surface area (Å²) in [5, 5.41) is 13.0. The van der Waals surface area contributed by atoms with Gasteiger partial charge in [-0.15, -0.1) is 11.3 Å². The number of aromatic nitrogens is 2. The van der Waals surface area contributed by atoms with E-state index >= 15 is 0 Å². The molecule has 3 aromatic rings. The first-order valence-corrected chi connectivity index (χ1v) is 8.72. The first-order valence-electron chi connectivity index (χ1n) is 7.84. The second-order valence-electron chi connectivity index (χ2n) is 5.24. The summed E-state index contributed by atoms with van der Waals surface area (Å²) < 4.78 is 5.44. The molecule has 0 radical (unpaired) electrons. The highest BCUT2D eigenvalue weighted by Gasteiger charge is 2.16. The zero-order valence-corrected chi connectivity index (χ0v) is 14.8. The number of H-pyrrole nitrogens is 1. The maximum absolute atomic E-state index is 12.3. The second kappa shape index (κ2) is 7.76. The molecule has 2 aromatic heterocycles. The molecule has 3 rings (SSSR count). The molecule has 6 nitrogen and oxygen atoms in total. The minimum atomic E-state index is -0.324. The first kappa shape index (κ1) is 16.9. The van der Waals surface area contributed by atoms with Crippen LogP contribution in [-0.2, 0) is 0 Å². The van der Waals surface area contributed by atoms with Crippen LogP contribution in [0.15, 0.2) is 46.9 Å². The Morgan fingerprint density at radius 3 is 2.84 bits per heavy atom. The van der Waals surface area contributed by atoms with Gasteiger partial charge in [-0.05, 0) is 49.6 Å². The van der Waals surface area contributed by atoms with Crippen LogP contribution in [0.2, 0.25) is 0 Å². The van der Waals surface area contributed by atoms with Gasteiger partial charge in [0.15, 0.2) is 0 Å². The van der Waals surface area contributed by atoms with E-state index in [1.165, 1.54) is 0 Å². The smallest absolute Gasteiger partial charge is 0.289 e. The van der Waals surface area contributed by atoms with Crippen molar-refractivity contribution in [3.63, 3.8) is 0 Å². The van der Waals surface area contributed by atoms with Crippen LogP contribution in [0.1, 0.15) is 27.9 Å².